The van der Waals surface area contributed by atoms with Gasteiger partial charge in [-0.2, -0.15) is 13.2 Å². The smallest absolute Gasteiger partial charge is 0.468 e. The largest absolute Gasteiger partial charge is 0.497 e. The second-order valence-electron chi connectivity index (χ2n) is 16.0. The van der Waals surface area contributed by atoms with Gasteiger partial charge in [0.15, 0.2) is 0 Å². The predicted molar refractivity (Wildman–Crippen MR) is 253 cm³/mol. The molecule has 1 saturated heterocycles. The van der Waals surface area contributed by atoms with Gasteiger partial charge in [-0.1, -0.05) is 164 Å². The monoisotopic (exact) mass is 923 g/mol. The van der Waals surface area contributed by atoms with Crippen molar-refractivity contribution in [2.45, 2.75) is 62.3 Å². The molecule has 0 aliphatic carbocycles. The molecule has 7 aromatic rings. The van der Waals surface area contributed by atoms with Gasteiger partial charge in [0.1, 0.15) is 41.5 Å². The Kier molecular flexibility index (Phi) is 16.0. The third-order valence-corrected chi connectivity index (χ3v) is 11.5. The van der Waals surface area contributed by atoms with Crippen LogP contribution < -0.4 is 9.47 Å². The van der Waals surface area contributed by atoms with Crippen LogP contribution in [0.25, 0.3) is 0 Å². The Balaban J connectivity index is 1.27. The Hall–Kier alpha value is -6.80. The van der Waals surface area contributed by atoms with Crippen molar-refractivity contribution in [1.82, 2.24) is 0 Å². The second-order valence-corrected chi connectivity index (χ2v) is 16.0. The first-order valence-electron chi connectivity index (χ1n) is 22.2. The Morgan fingerprint density at radius 1 is 0.485 bits per heavy atom. The van der Waals surface area contributed by atoms with Crippen molar-refractivity contribution in [3.63, 3.8) is 0 Å². The number of hydrogen-bond acceptors (Lipinski definition) is 9. The fourth-order valence-corrected chi connectivity index (χ4v) is 8.14. The van der Waals surface area contributed by atoms with Crippen molar-refractivity contribution in [2.75, 3.05) is 20.8 Å². The molecule has 0 spiro atoms. The first kappa shape index (κ1) is 47.7. The van der Waals surface area contributed by atoms with E-state index in [9.17, 15) is 0 Å². The lowest BCUT2D eigenvalue weighted by Crippen LogP contribution is -2.62. The van der Waals surface area contributed by atoms with E-state index in [1.54, 1.807) is 32.4 Å². The lowest BCUT2D eigenvalue weighted by Gasteiger charge is -2.47. The van der Waals surface area contributed by atoms with Crippen molar-refractivity contribution >= 4 is 11.6 Å². The third kappa shape index (κ3) is 11.8. The fraction of sp³-hybridized carbons (Fsp3) is 0.232. The number of para-hydroxylation sites is 1. The molecule has 7 aromatic carbocycles. The Morgan fingerprint density at radius 2 is 0.882 bits per heavy atom. The van der Waals surface area contributed by atoms with Gasteiger partial charge < -0.3 is 37.9 Å². The maximum absolute atomic E-state index is 15.2. The van der Waals surface area contributed by atoms with Gasteiger partial charge in [0.05, 0.1) is 46.3 Å². The van der Waals surface area contributed by atoms with Gasteiger partial charge in [-0.3, -0.25) is 0 Å². The maximum atomic E-state index is 15.2. The zero-order valence-corrected chi connectivity index (χ0v) is 37.6. The van der Waals surface area contributed by atoms with Crippen molar-refractivity contribution < 1.29 is 51.1 Å². The highest BCUT2D eigenvalue weighted by atomic mass is 19.4. The predicted octanol–water partition coefficient (Wildman–Crippen LogP) is 11.8. The summed E-state index contributed by atoms with van der Waals surface area (Å²) in [6.45, 7) is -0.120. The van der Waals surface area contributed by atoms with Crippen molar-refractivity contribution in [3.8, 4) is 11.5 Å². The van der Waals surface area contributed by atoms with E-state index in [2.05, 4.69) is 4.99 Å². The van der Waals surface area contributed by atoms with Gasteiger partial charge in [0, 0.05) is 0 Å². The van der Waals surface area contributed by atoms with Gasteiger partial charge in [-0.25, -0.2) is 4.99 Å². The van der Waals surface area contributed by atoms with Crippen LogP contribution in [0.3, 0.4) is 0 Å². The Labute approximate surface area is 394 Å². The summed E-state index contributed by atoms with van der Waals surface area (Å²) in [6, 6.07) is 60.8. The van der Waals surface area contributed by atoms with E-state index in [0.717, 1.165) is 33.4 Å². The average Bonchev–Trinajstić information content (AvgIpc) is 3.39. The summed E-state index contributed by atoms with van der Waals surface area (Å²) in [4.78, 5) is 3.96. The number of hydrogen-bond donors (Lipinski definition) is 0. The van der Waals surface area contributed by atoms with Crippen LogP contribution in [0.2, 0.25) is 0 Å². The zero-order chi connectivity index (χ0) is 47.2. The molecule has 1 aliphatic heterocycles. The van der Waals surface area contributed by atoms with Gasteiger partial charge >= 0.3 is 6.18 Å². The highest BCUT2D eigenvalue weighted by Gasteiger charge is 2.53. The molecule has 0 saturated carbocycles. The van der Waals surface area contributed by atoms with Crippen LogP contribution in [0.4, 0.5) is 18.9 Å². The number of alkyl halides is 3. The van der Waals surface area contributed by atoms with E-state index in [-0.39, 0.29) is 32.1 Å². The molecule has 1 unspecified atom stereocenters. The van der Waals surface area contributed by atoms with Crippen LogP contribution in [0.15, 0.2) is 205 Å². The van der Waals surface area contributed by atoms with E-state index in [1.165, 1.54) is 12.1 Å². The molecule has 0 bridgehead atoms. The molecule has 0 radical (unpaired) electrons. The number of aliphatic imine (C=N–C) groups is 1. The van der Waals surface area contributed by atoms with E-state index in [0.29, 0.717) is 11.5 Å². The van der Waals surface area contributed by atoms with E-state index >= 15 is 13.2 Å². The molecule has 5 atom stereocenters. The number of rotatable bonds is 19. The van der Waals surface area contributed by atoms with Crippen molar-refractivity contribution in [1.29, 1.82) is 0 Å². The lowest BCUT2D eigenvalue weighted by atomic mass is 9.80. The summed E-state index contributed by atoms with van der Waals surface area (Å²) in [5.41, 5.74) is 3.35. The van der Waals surface area contributed by atoms with Crippen LogP contribution >= 0.6 is 0 Å². The van der Waals surface area contributed by atoms with Crippen LogP contribution in [0.1, 0.15) is 33.4 Å². The minimum absolute atomic E-state index is 0.0181. The maximum Gasteiger partial charge on any atom is 0.468 e. The highest BCUT2D eigenvalue weighted by molar-refractivity contribution is 5.84. The standard InChI is InChI=1S/C56H52F3NO8/c1-61-47-32-28-44(29-33-47)55(43-24-14-6-15-25-43,45-30-34-48(62-2)35-31-45)66-39-49-50(63-36-40-18-8-3-9-19-40)51(64-37-41-20-10-4-11-21-41)52(65-38-42-22-12-5-13-23-42)53(67-49)68-54(56(57,58)59)60-46-26-16-7-17-27-46/h3-35,49-53H,36-39H2,1-2H3/t49-,50-,51+,52-,53?/m1/s1. The van der Waals surface area contributed by atoms with E-state index < -0.39 is 48.4 Å². The first-order chi connectivity index (χ1) is 33.2. The van der Waals surface area contributed by atoms with Gasteiger partial charge in [-0.15, -0.1) is 0 Å². The van der Waals surface area contributed by atoms with Gasteiger partial charge in [-0.05, 0) is 69.8 Å². The SMILES string of the molecule is COc1ccc(C(OC[C@H]2OC(OC(=Nc3ccccc3)C(F)(F)F)[C@H](OCc3ccccc3)[C@@H](OCc3ccccc3)[C@@H]2OCc2ccccc2)(c2ccccc2)c2ccc(OC)cc2)cc1. The summed E-state index contributed by atoms with van der Waals surface area (Å²) in [6.07, 6.45) is -11.4. The van der Waals surface area contributed by atoms with Crippen LogP contribution in [0.5, 0.6) is 11.5 Å². The Bertz CT molecular complexity index is 2560. The third-order valence-electron chi connectivity index (χ3n) is 11.5. The van der Waals surface area contributed by atoms with E-state index in [4.69, 9.17) is 37.9 Å². The number of methoxy groups -OCH3 is 2. The molecule has 1 heterocycles. The number of benzene rings is 7. The molecular weight excluding hydrogens is 872 g/mol. The minimum atomic E-state index is -5.04. The van der Waals surface area contributed by atoms with Gasteiger partial charge in [0.2, 0.25) is 6.29 Å². The molecule has 8 rings (SSSR count). The fourth-order valence-electron chi connectivity index (χ4n) is 8.14. The molecule has 0 N–H and O–H groups in total. The summed E-state index contributed by atoms with van der Waals surface area (Å²) in [5, 5.41) is 0. The molecule has 350 valence electrons. The Morgan fingerprint density at radius 3 is 1.32 bits per heavy atom. The molecule has 12 heteroatoms. The summed E-state index contributed by atoms with van der Waals surface area (Å²) < 4.78 is 97.3. The highest BCUT2D eigenvalue weighted by Crippen LogP contribution is 2.43. The van der Waals surface area contributed by atoms with Crippen molar-refractivity contribution in [3.05, 3.63) is 234 Å². The second kappa shape index (κ2) is 22.8. The van der Waals surface area contributed by atoms with Crippen LogP contribution in [-0.2, 0) is 53.8 Å². The quantitative estimate of drug-likeness (QED) is 0.0450. The molecule has 0 amide bonds. The summed E-state index contributed by atoms with van der Waals surface area (Å²) in [5.74, 6) is -0.261. The molecule has 0 aromatic heterocycles. The first-order valence-corrected chi connectivity index (χ1v) is 22.2. The molecular formula is C56H52F3NO8. The van der Waals surface area contributed by atoms with Crippen molar-refractivity contribution in [2.24, 2.45) is 4.99 Å². The number of ether oxygens (including phenoxy) is 8. The van der Waals surface area contributed by atoms with Crippen LogP contribution in [0, 0.1) is 0 Å². The number of nitrogens with zero attached hydrogens (tertiary/aromatic N) is 1. The average molecular weight is 924 g/mol. The number of halogens is 3. The topological polar surface area (TPSA) is 86.2 Å². The summed E-state index contributed by atoms with van der Waals surface area (Å²) >= 11 is 0. The van der Waals surface area contributed by atoms with E-state index in [1.807, 2.05) is 170 Å². The van der Waals surface area contributed by atoms with Gasteiger partial charge in [0.25, 0.3) is 5.90 Å². The summed E-state index contributed by atoms with van der Waals surface area (Å²) in [7, 11) is 3.19. The molecule has 1 fully saturated rings. The minimum Gasteiger partial charge on any atom is -0.497 e. The molecule has 1 aliphatic rings. The molecule has 68 heavy (non-hydrogen) atoms. The molecule has 9 nitrogen and oxygen atoms in total. The lowest BCUT2D eigenvalue weighted by molar-refractivity contribution is -0.318. The zero-order valence-electron chi connectivity index (χ0n) is 37.6. The normalized spacial score (nSPS) is 18.7. The van der Waals surface area contributed by atoms with Crippen LogP contribution in [-0.4, -0.2) is 63.6 Å².